The first-order chi connectivity index (χ1) is 13.5. The Labute approximate surface area is 169 Å². The van der Waals surface area contributed by atoms with E-state index in [9.17, 15) is 9.59 Å². The van der Waals surface area contributed by atoms with Crippen LogP contribution in [-0.2, 0) is 4.79 Å². The SMILES string of the molecule is COc1ccccc1-c1nc(C(=O)N2CCCN(CC(=O)N(C)C)CC2)cs1. The third-order valence-electron chi connectivity index (χ3n) is 4.79. The monoisotopic (exact) mass is 402 g/mol. The second kappa shape index (κ2) is 9.16. The van der Waals surface area contributed by atoms with E-state index in [1.165, 1.54) is 11.3 Å². The molecule has 0 aliphatic carbocycles. The predicted molar refractivity (Wildman–Crippen MR) is 110 cm³/mol. The number of hydrogen-bond acceptors (Lipinski definition) is 6. The lowest BCUT2D eigenvalue weighted by molar-refractivity contribution is -0.129. The maximum absolute atomic E-state index is 12.9. The zero-order chi connectivity index (χ0) is 20.1. The summed E-state index contributed by atoms with van der Waals surface area (Å²) in [5.41, 5.74) is 1.35. The van der Waals surface area contributed by atoms with E-state index in [2.05, 4.69) is 9.88 Å². The van der Waals surface area contributed by atoms with Crippen molar-refractivity contribution in [2.45, 2.75) is 6.42 Å². The Hall–Kier alpha value is -2.45. The Kier molecular flexibility index (Phi) is 6.64. The molecule has 0 atom stereocenters. The van der Waals surface area contributed by atoms with Crippen molar-refractivity contribution < 1.29 is 14.3 Å². The van der Waals surface area contributed by atoms with Crippen LogP contribution in [0.2, 0.25) is 0 Å². The molecule has 1 aromatic carbocycles. The molecule has 1 fully saturated rings. The van der Waals surface area contributed by atoms with Gasteiger partial charge in [-0.15, -0.1) is 11.3 Å². The summed E-state index contributed by atoms with van der Waals surface area (Å²) < 4.78 is 5.40. The highest BCUT2D eigenvalue weighted by Gasteiger charge is 2.24. The fourth-order valence-electron chi connectivity index (χ4n) is 3.14. The van der Waals surface area contributed by atoms with Crippen molar-refractivity contribution in [2.75, 3.05) is 53.9 Å². The number of carbonyl (C=O) groups excluding carboxylic acids is 2. The van der Waals surface area contributed by atoms with Crippen LogP contribution in [0.3, 0.4) is 0 Å². The van der Waals surface area contributed by atoms with Crippen molar-refractivity contribution in [2.24, 2.45) is 0 Å². The number of ether oxygens (including phenoxy) is 1. The minimum Gasteiger partial charge on any atom is -0.496 e. The number of hydrogen-bond donors (Lipinski definition) is 0. The molecule has 2 heterocycles. The zero-order valence-electron chi connectivity index (χ0n) is 16.6. The van der Waals surface area contributed by atoms with E-state index in [0.717, 1.165) is 29.3 Å². The second-order valence-electron chi connectivity index (χ2n) is 6.95. The number of para-hydroxylation sites is 1. The number of amides is 2. The molecule has 7 nitrogen and oxygen atoms in total. The topological polar surface area (TPSA) is 66.0 Å². The van der Waals surface area contributed by atoms with Gasteiger partial charge in [0, 0.05) is 45.7 Å². The molecular formula is C20H26N4O3S. The van der Waals surface area contributed by atoms with Crippen molar-refractivity contribution in [3.8, 4) is 16.3 Å². The van der Waals surface area contributed by atoms with Gasteiger partial charge in [0.15, 0.2) is 0 Å². The fourth-order valence-corrected chi connectivity index (χ4v) is 3.97. The summed E-state index contributed by atoms with van der Waals surface area (Å²) in [5.74, 6) is 0.769. The molecule has 2 amide bonds. The Morgan fingerprint density at radius 3 is 2.71 bits per heavy atom. The van der Waals surface area contributed by atoms with Gasteiger partial charge in [0.1, 0.15) is 16.5 Å². The van der Waals surface area contributed by atoms with E-state index < -0.39 is 0 Å². The molecule has 150 valence electrons. The molecule has 1 saturated heterocycles. The number of carbonyl (C=O) groups is 2. The van der Waals surface area contributed by atoms with Crippen molar-refractivity contribution >= 4 is 23.2 Å². The maximum atomic E-state index is 12.9. The van der Waals surface area contributed by atoms with Crippen LogP contribution in [0, 0.1) is 0 Å². The number of benzene rings is 1. The lowest BCUT2D eigenvalue weighted by Crippen LogP contribution is -2.39. The molecule has 1 aliphatic rings. The molecule has 28 heavy (non-hydrogen) atoms. The van der Waals surface area contributed by atoms with Gasteiger partial charge in [-0.2, -0.15) is 0 Å². The van der Waals surface area contributed by atoms with E-state index in [1.807, 2.05) is 34.5 Å². The molecule has 3 rings (SSSR count). The molecule has 2 aromatic rings. The lowest BCUT2D eigenvalue weighted by atomic mass is 10.2. The van der Waals surface area contributed by atoms with E-state index in [4.69, 9.17) is 4.74 Å². The minimum absolute atomic E-state index is 0.0572. The first-order valence-corrected chi connectivity index (χ1v) is 10.2. The summed E-state index contributed by atoms with van der Waals surface area (Å²) >= 11 is 1.44. The molecule has 0 bridgehead atoms. The van der Waals surface area contributed by atoms with E-state index in [1.54, 1.807) is 26.1 Å². The van der Waals surface area contributed by atoms with E-state index >= 15 is 0 Å². The Balaban J connectivity index is 1.66. The molecular weight excluding hydrogens is 376 g/mol. The number of nitrogens with zero attached hydrogens (tertiary/aromatic N) is 4. The van der Waals surface area contributed by atoms with Crippen molar-refractivity contribution in [3.63, 3.8) is 0 Å². The zero-order valence-corrected chi connectivity index (χ0v) is 17.4. The molecule has 8 heteroatoms. The highest BCUT2D eigenvalue weighted by atomic mass is 32.1. The van der Waals surface area contributed by atoms with E-state index in [0.29, 0.717) is 31.9 Å². The quantitative estimate of drug-likeness (QED) is 0.766. The van der Waals surface area contributed by atoms with Gasteiger partial charge in [0.05, 0.1) is 19.2 Å². The van der Waals surface area contributed by atoms with E-state index in [-0.39, 0.29) is 11.8 Å². The maximum Gasteiger partial charge on any atom is 0.273 e. The summed E-state index contributed by atoms with van der Waals surface area (Å²) in [4.78, 5) is 35.0. The average molecular weight is 403 g/mol. The van der Waals surface area contributed by atoms with Crippen LogP contribution in [-0.4, -0.2) is 85.4 Å². The number of rotatable bonds is 5. The molecule has 0 N–H and O–H groups in total. The third-order valence-corrected chi connectivity index (χ3v) is 5.67. The predicted octanol–water partition coefficient (Wildman–Crippen LogP) is 2.05. The fraction of sp³-hybridized carbons (Fsp3) is 0.450. The summed E-state index contributed by atoms with van der Waals surface area (Å²) in [7, 11) is 5.15. The largest absolute Gasteiger partial charge is 0.496 e. The van der Waals surface area contributed by atoms with Gasteiger partial charge in [-0.3, -0.25) is 14.5 Å². The van der Waals surface area contributed by atoms with Crippen molar-refractivity contribution in [1.29, 1.82) is 0 Å². The van der Waals surface area contributed by atoms with Crippen LogP contribution in [0.15, 0.2) is 29.6 Å². The van der Waals surface area contributed by atoms with Gasteiger partial charge in [0.2, 0.25) is 5.91 Å². The molecule has 0 spiro atoms. The summed E-state index contributed by atoms with van der Waals surface area (Å²) in [6.07, 6.45) is 0.843. The summed E-state index contributed by atoms with van der Waals surface area (Å²) in [6.45, 7) is 3.17. The van der Waals surface area contributed by atoms with Crippen LogP contribution >= 0.6 is 11.3 Å². The second-order valence-corrected chi connectivity index (χ2v) is 7.81. The molecule has 0 unspecified atom stereocenters. The molecule has 0 radical (unpaired) electrons. The summed E-state index contributed by atoms with van der Waals surface area (Å²) in [6, 6.07) is 7.67. The van der Waals surface area contributed by atoms with Crippen LogP contribution in [0.5, 0.6) is 5.75 Å². The number of methoxy groups -OCH3 is 1. The van der Waals surface area contributed by atoms with Gasteiger partial charge in [-0.1, -0.05) is 12.1 Å². The van der Waals surface area contributed by atoms with Gasteiger partial charge < -0.3 is 14.5 Å². The van der Waals surface area contributed by atoms with Gasteiger partial charge in [0.25, 0.3) is 5.91 Å². The van der Waals surface area contributed by atoms with Crippen molar-refractivity contribution in [1.82, 2.24) is 19.7 Å². The Morgan fingerprint density at radius 2 is 1.96 bits per heavy atom. The van der Waals surface area contributed by atoms with Crippen molar-refractivity contribution in [3.05, 3.63) is 35.3 Å². The van der Waals surface area contributed by atoms with Crippen LogP contribution in [0.25, 0.3) is 10.6 Å². The van der Waals surface area contributed by atoms with Gasteiger partial charge >= 0.3 is 0 Å². The first-order valence-electron chi connectivity index (χ1n) is 9.30. The number of thiazole rings is 1. The summed E-state index contributed by atoms with van der Waals surface area (Å²) in [5, 5.41) is 2.58. The standard InChI is InChI=1S/C20H26N4O3S/c1-22(2)18(25)13-23-9-6-10-24(12-11-23)20(26)16-14-28-19(21-16)15-7-4-5-8-17(15)27-3/h4-5,7-8,14H,6,9-13H2,1-3H3. The normalized spacial score (nSPS) is 15.2. The third kappa shape index (κ3) is 4.69. The molecule has 0 saturated carbocycles. The molecule has 1 aromatic heterocycles. The highest BCUT2D eigenvalue weighted by Crippen LogP contribution is 2.32. The van der Waals surface area contributed by atoms with Gasteiger partial charge in [-0.05, 0) is 18.6 Å². The minimum atomic E-state index is -0.0572. The first kappa shape index (κ1) is 20.3. The highest BCUT2D eigenvalue weighted by molar-refractivity contribution is 7.13. The van der Waals surface area contributed by atoms with Crippen LogP contribution in [0.1, 0.15) is 16.9 Å². The lowest BCUT2D eigenvalue weighted by Gasteiger charge is -2.22. The van der Waals surface area contributed by atoms with Gasteiger partial charge in [-0.25, -0.2) is 4.98 Å². The number of aromatic nitrogens is 1. The molecule has 1 aliphatic heterocycles. The van der Waals surface area contributed by atoms with Crippen LogP contribution in [0.4, 0.5) is 0 Å². The Morgan fingerprint density at radius 1 is 1.18 bits per heavy atom. The number of likely N-dealkylation sites (N-methyl/N-ethyl adjacent to an activating group) is 1. The smallest absolute Gasteiger partial charge is 0.273 e. The van der Waals surface area contributed by atoms with Crippen LogP contribution < -0.4 is 4.74 Å². The average Bonchev–Trinajstić information content (AvgIpc) is 3.08. The Bertz CT molecular complexity index is 836.